The van der Waals surface area contributed by atoms with Gasteiger partial charge in [0, 0.05) is 12.0 Å². The van der Waals surface area contributed by atoms with Crippen LogP contribution in [0.15, 0.2) is 72.5 Å². The monoisotopic (exact) mass is 410 g/mol. The summed E-state index contributed by atoms with van der Waals surface area (Å²) in [6.45, 7) is 6.86. The number of ether oxygens (including phenoxy) is 5. The van der Waals surface area contributed by atoms with Gasteiger partial charge in [-0.25, -0.2) is 9.59 Å². The van der Waals surface area contributed by atoms with Gasteiger partial charge >= 0.3 is 17.7 Å². The van der Waals surface area contributed by atoms with E-state index in [9.17, 15) is 9.59 Å². The molecule has 2 aromatic carbocycles. The van der Waals surface area contributed by atoms with Gasteiger partial charge in [0.2, 0.25) is 0 Å². The molecule has 0 saturated heterocycles. The van der Waals surface area contributed by atoms with E-state index < -0.39 is 17.7 Å². The van der Waals surface area contributed by atoms with Gasteiger partial charge in [-0.1, -0.05) is 13.5 Å². The molecule has 0 radical (unpaired) electrons. The molecule has 0 amide bonds. The molecule has 2 heterocycles. The van der Waals surface area contributed by atoms with Crippen LogP contribution in [0.5, 0.6) is 23.0 Å². The van der Waals surface area contributed by atoms with Crippen LogP contribution in [0.4, 0.5) is 0 Å². The van der Waals surface area contributed by atoms with Crippen LogP contribution in [0.3, 0.4) is 0 Å². The Morgan fingerprint density at radius 2 is 1.63 bits per heavy atom. The van der Waals surface area contributed by atoms with Crippen molar-refractivity contribution in [1.29, 1.82) is 0 Å². The third-order valence-electron chi connectivity index (χ3n) is 4.31. The number of fused-ring (bicyclic) bond motifs is 5. The molecule has 156 valence electrons. The van der Waals surface area contributed by atoms with Gasteiger partial charge in [0.15, 0.2) is 5.76 Å². The van der Waals surface area contributed by atoms with E-state index in [0.29, 0.717) is 23.0 Å². The molecule has 0 aliphatic carbocycles. The van der Waals surface area contributed by atoms with E-state index >= 15 is 0 Å². The summed E-state index contributed by atoms with van der Waals surface area (Å²) in [5, 5.41) is 0. The fraction of sp³-hybridized carbons (Fsp3) is 0.217. The molecular formula is C23H22O7. The molecule has 2 aliphatic rings. The first kappa shape index (κ1) is 21.0. The van der Waals surface area contributed by atoms with Crippen molar-refractivity contribution in [1.82, 2.24) is 0 Å². The van der Waals surface area contributed by atoms with E-state index in [1.165, 1.54) is 6.92 Å². The predicted octanol–water partition coefficient (Wildman–Crippen LogP) is 4.18. The summed E-state index contributed by atoms with van der Waals surface area (Å²) < 4.78 is 27.8. The summed E-state index contributed by atoms with van der Waals surface area (Å²) >= 11 is 0. The highest BCUT2D eigenvalue weighted by atomic mass is 16.7. The molecule has 0 spiro atoms. The van der Waals surface area contributed by atoms with Crippen LogP contribution in [0, 0.1) is 0 Å². The standard InChI is InChI=1S/C23H22O7/c1-5-23(30-22(25)15(2)3)20(27-17-10-12-19(29-23)13-11-17)14-21(24)28-18-8-6-16(26-4)7-9-18/h6-14H,2,5H2,1,3-4H3/b20-14+. The Morgan fingerprint density at radius 3 is 2.20 bits per heavy atom. The van der Waals surface area contributed by atoms with Crippen LogP contribution in [-0.2, 0) is 14.3 Å². The van der Waals surface area contributed by atoms with Crippen molar-refractivity contribution in [3.63, 3.8) is 0 Å². The summed E-state index contributed by atoms with van der Waals surface area (Å²) in [5.41, 5.74) is 0.183. The highest BCUT2D eigenvalue weighted by molar-refractivity contribution is 5.88. The predicted molar refractivity (Wildman–Crippen MR) is 108 cm³/mol. The fourth-order valence-electron chi connectivity index (χ4n) is 2.68. The van der Waals surface area contributed by atoms with Crippen LogP contribution in [-0.4, -0.2) is 24.8 Å². The molecule has 0 aromatic heterocycles. The van der Waals surface area contributed by atoms with E-state index in [0.717, 1.165) is 6.08 Å². The van der Waals surface area contributed by atoms with E-state index in [4.69, 9.17) is 23.7 Å². The molecule has 2 aliphatic heterocycles. The molecule has 7 nitrogen and oxygen atoms in total. The Labute approximate surface area is 174 Å². The SMILES string of the molecule is C=C(C)C(=O)OC1(CC)Oc2ccc(cc2)O/C1=C/C(=O)Oc1ccc(OC)cc1. The third kappa shape index (κ3) is 4.63. The highest BCUT2D eigenvalue weighted by Gasteiger charge is 2.44. The first-order valence-corrected chi connectivity index (χ1v) is 9.29. The lowest BCUT2D eigenvalue weighted by atomic mass is 10.1. The third-order valence-corrected chi connectivity index (χ3v) is 4.31. The lowest BCUT2D eigenvalue weighted by Crippen LogP contribution is -2.45. The van der Waals surface area contributed by atoms with E-state index in [2.05, 4.69) is 6.58 Å². The van der Waals surface area contributed by atoms with Gasteiger partial charge in [0.25, 0.3) is 0 Å². The molecule has 2 bridgehead atoms. The maximum Gasteiger partial charge on any atom is 0.339 e. The molecule has 1 atom stereocenters. The summed E-state index contributed by atoms with van der Waals surface area (Å²) in [4.78, 5) is 24.9. The summed E-state index contributed by atoms with van der Waals surface area (Å²) in [5.74, 6) is -1.23. The van der Waals surface area contributed by atoms with Gasteiger partial charge in [-0.05, 0) is 55.5 Å². The van der Waals surface area contributed by atoms with Crippen molar-refractivity contribution in [2.45, 2.75) is 26.1 Å². The number of benzene rings is 2. The number of rotatable bonds is 6. The van der Waals surface area contributed by atoms with E-state index in [1.807, 2.05) is 0 Å². The minimum absolute atomic E-state index is 0.0145. The minimum Gasteiger partial charge on any atom is -0.497 e. The average molecular weight is 410 g/mol. The van der Waals surface area contributed by atoms with Crippen molar-refractivity contribution in [3.05, 3.63) is 72.5 Å². The lowest BCUT2D eigenvalue weighted by molar-refractivity contribution is -0.190. The molecule has 0 N–H and O–H groups in total. The van der Waals surface area contributed by atoms with Gasteiger partial charge < -0.3 is 23.7 Å². The zero-order valence-electron chi connectivity index (χ0n) is 17.0. The van der Waals surface area contributed by atoms with Crippen molar-refractivity contribution < 1.29 is 33.3 Å². The Balaban J connectivity index is 1.94. The first-order valence-electron chi connectivity index (χ1n) is 9.29. The van der Waals surface area contributed by atoms with Gasteiger partial charge in [-0.2, -0.15) is 0 Å². The fourth-order valence-corrected chi connectivity index (χ4v) is 2.68. The van der Waals surface area contributed by atoms with Gasteiger partial charge in [0.05, 0.1) is 13.2 Å². The summed E-state index contributed by atoms with van der Waals surface area (Å²) in [6.07, 6.45) is 1.28. The second-order valence-electron chi connectivity index (χ2n) is 6.56. The quantitative estimate of drug-likeness (QED) is 0.401. The summed E-state index contributed by atoms with van der Waals surface area (Å²) in [6, 6.07) is 13.2. The van der Waals surface area contributed by atoms with E-state index in [1.54, 1.807) is 62.6 Å². The molecule has 4 rings (SSSR count). The molecule has 7 heteroatoms. The van der Waals surface area contributed by atoms with Crippen LogP contribution in [0.1, 0.15) is 20.3 Å². The Bertz CT molecular complexity index is 974. The minimum atomic E-state index is -1.66. The largest absolute Gasteiger partial charge is 0.497 e. The zero-order chi connectivity index (χ0) is 21.7. The molecule has 0 saturated carbocycles. The summed E-state index contributed by atoms with van der Waals surface area (Å²) in [7, 11) is 1.54. The smallest absolute Gasteiger partial charge is 0.339 e. The molecular weight excluding hydrogens is 388 g/mol. The number of carbonyl (C=O) groups is 2. The normalized spacial score (nSPS) is 18.4. The zero-order valence-corrected chi connectivity index (χ0v) is 17.0. The Hall–Kier alpha value is -3.74. The van der Waals surface area contributed by atoms with Crippen LogP contribution in [0.2, 0.25) is 0 Å². The number of methoxy groups -OCH3 is 1. The molecule has 30 heavy (non-hydrogen) atoms. The lowest BCUT2D eigenvalue weighted by Gasteiger charge is -2.35. The van der Waals surface area contributed by atoms with E-state index in [-0.39, 0.29) is 17.8 Å². The Morgan fingerprint density at radius 1 is 1.03 bits per heavy atom. The van der Waals surface area contributed by atoms with Crippen LogP contribution in [0.25, 0.3) is 0 Å². The van der Waals surface area contributed by atoms with Crippen LogP contribution < -0.4 is 18.9 Å². The number of hydrogen-bond donors (Lipinski definition) is 0. The molecule has 2 aromatic rings. The highest BCUT2D eigenvalue weighted by Crippen LogP contribution is 2.36. The number of esters is 2. The van der Waals surface area contributed by atoms with Crippen molar-refractivity contribution >= 4 is 11.9 Å². The molecule has 1 unspecified atom stereocenters. The maximum atomic E-state index is 12.6. The van der Waals surface area contributed by atoms with Crippen LogP contribution >= 0.6 is 0 Å². The van der Waals surface area contributed by atoms with Gasteiger partial charge in [0.1, 0.15) is 23.0 Å². The second-order valence-corrected chi connectivity index (χ2v) is 6.56. The average Bonchev–Trinajstić information content (AvgIpc) is 2.73. The van der Waals surface area contributed by atoms with Crippen molar-refractivity contribution in [2.75, 3.05) is 7.11 Å². The first-order chi connectivity index (χ1) is 14.3. The number of carbonyl (C=O) groups excluding carboxylic acids is 2. The maximum absolute atomic E-state index is 12.6. The van der Waals surface area contributed by atoms with Gasteiger partial charge in [-0.15, -0.1) is 0 Å². The van der Waals surface area contributed by atoms with Crippen molar-refractivity contribution in [3.8, 4) is 23.0 Å². The van der Waals surface area contributed by atoms with Crippen molar-refractivity contribution in [2.24, 2.45) is 0 Å². The van der Waals surface area contributed by atoms with Gasteiger partial charge in [-0.3, -0.25) is 0 Å². The molecule has 0 fully saturated rings. The second kappa shape index (κ2) is 8.73. The number of hydrogen-bond acceptors (Lipinski definition) is 7. The topological polar surface area (TPSA) is 80.3 Å². The Kier molecular flexibility index (Phi) is 6.11.